The zero-order chi connectivity index (χ0) is 17.4. The molecule has 1 amide bonds. The van der Waals surface area contributed by atoms with Gasteiger partial charge in [-0.2, -0.15) is 5.10 Å². The van der Waals surface area contributed by atoms with Crippen LogP contribution < -0.4 is 5.32 Å². The standard InChI is InChI=1S/C19H18N4O2/c1-11-3-2-4-13(7-11)18(24)14-8-16(20-10-14)19(25)21-17-9-15(22-23-17)12-5-6-12/h2-4,7-10,12,20H,5-6H2,1H3,(H2,21,22,23,25). The molecule has 6 heteroatoms. The summed E-state index contributed by atoms with van der Waals surface area (Å²) in [5.74, 6) is 0.599. The first-order valence-electron chi connectivity index (χ1n) is 8.26. The Morgan fingerprint density at radius 3 is 2.76 bits per heavy atom. The minimum Gasteiger partial charge on any atom is -0.356 e. The maximum absolute atomic E-state index is 12.5. The van der Waals surface area contributed by atoms with Crippen LogP contribution in [-0.4, -0.2) is 26.9 Å². The highest BCUT2D eigenvalue weighted by Gasteiger charge is 2.26. The minimum absolute atomic E-state index is 0.116. The van der Waals surface area contributed by atoms with Gasteiger partial charge in [0.1, 0.15) is 5.69 Å². The molecule has 0 aliphatic heterocycles. The average molecular weight is 334 g/mol. The highest BCUT2D eigenvalue weighted by molar-refractivity contribution is 6.11. The molecule has 0 unspecified atom stereocenters. The second-order valence-corrected chi connectivity index (χ2v) is 6.44. The molecule has 0 bridgehead atoms. The lowest BCUT2D eigenvalue weighted by Gasteiger charge is -2.00. The van der Waals surface area contributed by atoms with Crippen LogP contribution >= 0.6 is 0 Å². The largest absolute Gasteiger partial charge is 0.356 e. The Bertz CT molecular complexity index is 950. The molecule has 2 heterocycles. The average Bonchev–Trinajstić information content (AvgIpc) is 3.15. The molecule has 1 aliphatic carbocycles. The summed E-state index contributed by atoms with van der Waals surface area (Å²) in [5.41, 5.74) is 3.46. The van der Waals surface area contributed by atoms with E-state index in [1.165, 1.54) is 0 Å². The Labute approximate surface area is 144 Å². The summed E-state index contributed by atoms with van der Waals surface area (Å²) >= 11 is 0. The summed E-state index contributed by atoms with van der Waals surface area (Å²) in [6.07, 6.45) is 3.88. The van der Waals surface area contributed by atoms with Gasteiger partial charge in [-0.3, -0.25) is 14.7 Å². The molecule has 0 saturated heterocycles. The first-order valence-corrected chi connectivity index (χ1v) is 8.26. The molecule has 3 N–H and O–H groups in total. The molecule has 6 nitrogen and oxygen atoms in total. The predicted molar refractivity (Wildman–Crippen MR) is 93.9 cm³/mol. The van der Waals surface area contributed by atoms with Gasteiger partial charge in [-0.25, -0.2) is 0 Å². The number of hydrogen-bond acceptors (Lipinski definition) is 3. The minimum atomic E-state index is -0.322. The Balaban J connectivity index is 1.47. The number of carbonyl (C=O) groups is 2. The third-order valence-corrected chi connectivity index (χ3v) is 4.33. The van der Waals surface area contributed by atoms with E-state index in [4.69, 9.17) is 0 Å². The van der Waals surface area contributed by atoms with E-state index in [-0.39, 0.29) is 11.7 Å². The first kappa shape index (κ1) is 15.4. The maximum Gasteiger partial charge on any atom is 0.273 e. The molecule has 2 aromatic heterocycles. The van der Waals surface area contributed by atoms with Crippen LogP contribution in [0.3, 0.4) is 0 Å². The van der Waals surface area contributed by atoms with E-state index in [9.17, 15) is 9.59 Å². The number of aryl methyl sites for hydroxylation is 1. The zero-order valence-corrected chi connectivity index (χ0v) is 13.8. The van der Waals surface area contributed by atoms with Crippen molar-refractivity contribution < 1.29 is 9.59 Å². The molecule has 0 atom stereocenters. The fourth-order valence-electron chi connectivity index (χ4n) is 2.80. The van der Waals surface area contributed by atoms with Crippen LogP contribution in [0.15, 0.2) is 42.6 Å². The Morgan fingerprint density at radius 2 is 2.00 bits per heavy atom. The van der Waals surface area contributed by atoms with Crippen molar-refractivity contribution >= 4 is 17.5 Å². The number of carbonyl (C=O) groups excluding carboxylic acids is 2. The zero-order valence-electron chi connectivity index (χ0n) is 13.8. The maximum atomic E-state index is 12.5. The van der Waals surface area contributed by atoms with E-state index in [1.54, 1.807) is 18.3 Å². The van der Waals surface area contributed by atoms with Crippen LogP contribution in [0.5, 0.6) is 0 Å². The van der Waals surface area contributed by atoms with Gasteiger partial charge >= 0.3 is 0 Å². The number of anilines is 1. The van der Waals surface area contributed by atoms with Gasteiger partial charge in [0.2, 0.25) is 0 Å². The van der Waals surface area contributed by atoms with Crippen LogP contribution in [0.1, 0.15) is 56.4 Å². The van der Waals surface area contributed by atoms with Crippen molar-refractivity contribution in [2.24, 2.45) is 0 Å². The van der Waals surface area contributed by atoms with Crippen molar-refractivity contribution in [2.75, 3.05) is 5.32 Å². The molecule has 3 aromatic rings. The van der Waals surface area contributed by atoms with Crippen LogP contribution in [-0.2, 0) is 0 Å². The van der Waals surface area contributed by atoms with Gasteiger partial charge in [-0.05, 0) is 31.9 Å². The van der Waals surface area contributed by atoms with Crippen molar-refractivity contribution in [3.63, 3.8) is 0 Å². The lowest BCUT2D eigenvalue weighted by molar-refractivity contribution is 0.102. The number of aromatic nitrogens is 3. The summed E-state index contributed by atoms with van der Waals surface area (Å²) < 4.78 is 0. The molecule has 1 saturated carbocycles. The fraction of sp³-hybridized carbons (Fsp3) is 0.211. The normalized spacial score (nSPS) is 13.6. The predicted octanol–water partition coefficient (Wildman–Crippen LogP) is 3.41. The lowest BCUT2D eigenvalue weighted by Crippen LogP contribution is -2.12. The van der Waals surface area contributed by atoms with Crippen LogP contribution in [0.2, 0.25) is 0 Å². The number of nitrogens with one attached hydrogen (secondary N) is 3. The van der Waals surface area contributed by atoms with Crippen LogP contribution in [0, 0.1) is 6.92 Å². The first-order chi connectivity index (χ1) is 12.1. The molecule has 0 radical (unpaired) electrons. The van der Waals surface area contributed by atoms with Crippen molar-refractivity contribution in [2.45, 2.75) is 25.7 Å². The van der Waals surface area contributed by atoms with Crippen molar-refractivity contribution in [1.82, 2.24) is 15.2 Å². The molecule has 1 fully saturated rings. The summed E-state index contributed by atoms with van der Waals surface area (Å²) in [5, 5.41) is 9.79. The quantitative estimate of drug-likeness (QED) is 0.625. The Morgan fingerprint density at radius 1 is 1.16 bits per heavy atom. The summed E-state index contributed by atoms with van der Waals surface area (Å²) in [6, 6.07) is 10.8. The van der Waals surface area contributed by atoms with E-state index in [0.29, 0.717) is 28.6 Å². The molecule has 1 aromatic carbocycles. The van der Waals surface area contributed by atoms with Gasteiger partial charge in [0.15, 0.2) is 11.6 Å². The highest BCUT2D eigenvalue weighted by Crippen LogP contribution is 2.39. The number of amides is 1. The molecule has 1 aliphatic rings. The van der Waals surface area contributed by atoms with Crippen molar-refractivity contribution in [3.8, 4) is 0 Å². The number of ketones is 1. The van der Waals surface area contributed by atoms with Crippen molar-refractivity contribution in [1.29, 1.82) is 0 Å². The third-order valence-electron chi connectivity index (χ3n) is 4.33. The number of nitrogens with zero attached hydrogens (tertiary/aromatic N) is 1. The smallest absolute Gasteiger partial charge is 0.273 e. The topological polar surface area (TPSA) is 90.6 Å². The monoisotopic (exact) mass is 334 g/mol. The van der Waals surface area contributed by atoms with Gasteiger partial charge in [0.05, 0.1) is 0 Å². The Hall–Kier alpha value is -3.15. The van der Waals surface area contributed by atoms with Crippen LogP contribution in [0.4, 0.5) is 5.82 Å². The number of aromatic amines is 2. The van der Waals surface area contributed by atoms with E-state index in [0.717, 1.165) is 24.1 Å². The molecule has 4 rings (SSSR count). The number of benzene rings is 1. The van der Waals surface area contributed by atoms with E-state index in [1.807, 2.05) is 31.2 Å². The van der Waals surface area contributed by atoms with Crippen molar-refractivity contribution in [3.05, 3.63) is 70.7 Å². The second-order valence-electron chi connectivity index (χ2n) is 6.44. The number of rotatable bonds is 5. The summed E-state index contributed by atoms with van der Waals surface area (Å²) in [4.78, 5) is 27.7. The van der Waals surface area contributed by atoms with Gasteiger partial charge in [-0.1, -0.05) is 23.8 Å². The van der Waals surface area contributed by atoms with Gasteiger partial charge in [0.25, 0.3) is 5.91 Å². The fourth-order valence-corrected chi connectivity index (χ4v) is 2.80. The number of hydrogen-bond donors (Lipinski definition) is 3. The SMILES string of the molecule is Cc1cccc(C(=O)c2c[nH]c(C(=O)Nc3cc(C4CC4)[nH]n3)c2)c1. The van der Waals surface area contributed by atoms with Gasteiger partial charge < -0.3 is 10.3 Å². The third kappa shape index (κ3) is 3.24. The second kappa shape index (κ2) is 6.05. The van der Waals surface area contributed by atoms with Crippen LogP contribution in [0.25, 0.3) is 0 Å². The molecule has 0 spiro atoms. The van der Waals surface area contributed by atoms with Gasteiger partial charge in [0, 0.05) is 35.0 Å². The molecule has 126 valence electrons. The van der Waals surface area contributed by atoms with Gasteiger partial charge in [-0.15, -0.1) is 0 Å². The van der Waals surface area contributed by atoms with E-state index < -0.39 is 0 Å². The highest BCUT2D eigenvalue weighted by atomic mass is 16.2. The van der Waals surface area contributed by atoms with E-state index in [2.05, 4.69) is 20.5 Å². The molecule has 25 heavy (non-hydrogen) atoms. The lowest BCUT2D eigenvalue weighted by atomic mass is 10.0. The molecular weight excluding hydrogens is 316 g/mol. The summed E-state index contributed by atoms with van der Waals surface area (Å²) in [7, 11) is 0. The Kier molecular flexibility index (Phi) is 3.72. The number of H-pyrrole nitrogens is 2. The summed E-state index contributed by atoms with van der Waals surface area (Å²) in [6.45, 7) is 1.94. The molecular formula is C19H18N4O2. The van der Waals surface area contributed by atoms with E-state index >= 15 is 0 Å².